The lowest BCUT2D eigenvalue weighted by Crippen LogP contribution is -2.26. The van der Waals surface area contributed by atoms with Crippen LogP contribution in [0.4, 0.5) is 0 Å². The van der Waals surface area contributed by atoms with Gasteiger partial charge in [0.15, 0.2) is 0 Å². The summed E-state index contributed by atoms with van der Waals surface area (Å²) in [5.74, 6) is -0.371. The van der Waals surface area contributed by atoms with E-state index in [1.165, 1.54) is 154 Å². The van der Waals surface area contributed by atoms with E-state index in [2.05, 4.69) is 41.9 Å². The van der Waals surface area contributed by atoms with E-state index in [-0.39, 0.29) is 18.5 Å². The van der Waals surface area contributed by atoms with Crippen LogP contribution < -0.4 is 0 Å². The Labute approximate surface area is 282 Å². The molecular formula is C39H73BrO4. The van der Waals surface area contributed by atoms with E-state index in [0.717, 1.165) is 25.7 Å². The predicted molar refractivity (Wildman–Crippen MR) is 194 cm³/mol. The average molecular weight is 686 g/mol. The van der Waals surface area contributed by atoms with Crippen LogP contribution in [0.5, 0.6) is 0 Å². The van der Waals surface area contributed by atoms with E-state index in [0.29, 0.717) is 18.2 Å². The van der Waals surface area contributed by atoms with Crippen molar-refractivity contribution in [3.05, 3.63) is 12.2 Å². The fraction of sp³-hybridized carbons (Fsp3) is 0.897. The standard InChI is InChI=1S/C39H73BrO4/c1-3-5-7-9-11-13-15-17-19-21-23-25-27-29-31-33-38(41)43-36-37(35-40)44-39(42)34-32-30-28-26-24-22-20-18-16-14-12-10-8-6-4-2/h17,19,37H,3-16,18,20-36H2,1-2H3. The number of unbranched alkanes of at least 4 members (excludes halogenated alkanes) is 25. The van der Waals surface area contributed by atoms with Crippen LogP contribution in [0, 0.1) is 0 Å². The Bertz CT molecular complexity index is 636. The Hall–Kier alpha value is -0.840. The maximum absolute atomic E-state index is 12.2. The van der Waals surface area contributed by atoms with Gasteiger partial charge < -0.3 is 9.47 Å². The van der Waals surface area contributed by atoms with E-state index in [1.54, 1.807) is 0 Å². The summed E-state index contributed by atoms with van der Waals surface area (Å²) >= 11 is 3.39. The summed E-state index contributed by atoms with van der Waals surface area (Å²) in [5.41, 5.74) is 0. The molecule has 0 rings (SSSR count). The molecule has 0 bridgehead atoms. The van der Waals surface area contributed by atoms with Gasteiger partial charge in [0.1, 0.15) is 12.7 Å². The van der Waals surface area contributed by atoms with Crippen molar-refractivity contribution in [2.45, 2.75) is 213 Å². The van der Waals surface area contributed by atoms with Crippen molar-refractivity contribution in [3.63, 3.8) is 0 Å². The van der Waals surface area contributed by atoms with E-state index in [1.807, 2.05) is 0 Å². The van der Waals surface area contributed by atoms with Crippen LogP contribution in [0.1, 0.15) is 206 Å². The van der Waals surface area contributed by atoms with E-state index in [4.69, 9.17) is 9.47 Å². The summed E-state index contributed by atoms with van der Waals surface area (Å²) in [6.07, 6.45) is 41.0. The second-order valence-electron chi connectivity index (χ2n) is 13.0. The molecule has 5 heteroatoms. The molecule has 0 aliphatic rings. The molecule has 0 saturated carbocycles. The first-order valence-corrected chi connectivity index (χ1v) is 20.3. The topological polar surface area (TPSA) is 52.6 Å². The first kappa shape index (κ1) is 43.2. The van der Waals surface area contributed by atoms with Crippen molar-refractivity contribution in [3.8, 4) is 0 Å². The Morgan fingerprint density at radius 2 is 0.841 bits per heavy atom. The third-order valence-electron chi connectivity index (χ3n) is 8.53. The molecule has 0 spiro atoms. The zero-order valence-electron chi connectivity index (χ0n) is 29.4. The molecule has 0 aliphatic heterocycles. The number of ether oxygens (including phenoxy) is 2. The third kappa shape index (κ3) is 34.0. The minimum atomic E-state index is -0.406. The number of alkyl halides is 1. The lowest BCUT2D eigenvalue weighted by atomic mass is 10.0. The van der Waals surface area contributed by atoms with Crippen molar-refractivity contribution in [2.24, 2.45) is 0 Å². The number of rotatable bonds is 35. The molecule has 0 radical (unpaired) electrons. The van der Waals surface area contributed by atoms with Gasteiger partial charge in [0.2, 0.25) is 0 Å². The molecule has 0 fully saturated rings. The van der Waals surface area contributed by atoms with Crippen LogP contribution in [0.25, 0.3) is 0 Å². The minimum absolute atomic E-state index is 0.139. The first-order chi connectivity index (χ1) is 21.6. The molecule has 1 atom stereocenters. The fourth-order valence-electron chi connectivity index (χ4n) is 5.59. The molecule has 260 valence electrons. The van der Waals surface area contributed by atoms with Crippen LogP contribution in [0.2, 0.25) is 0 Å². The predicted octanol–water partition coefficient (Wildman–Crippen LogP) is 13.1. The van der Waals surface area contributed by atoms with E-state index in [9.17, 15) is 9.59 Å². The summed E-state index contributed by atoms with van der Waals surface area (Å²) in [6, 6.07) is 0. The van der Waals surface area contributed by atoms with Gasteiger partial charge in [0.05, 0.1) is 0 Å². The normalized spacial score (nSPS) is 12.2. The van der Waals surface area contributed by atoms with Crippen LogP contribution in [-0.4, -0.2) is 30.0 Å². The summed E-state index contributed by atoms with van der Waals surface area (Å²) in [5, 5.41) is 0.484. The zero-order valence-corrected chi connectivity index (χ0v) is 31.0. The van der Waals surface area contributed by atoms with Crippen LogP contribution >= 0.6 is 15.9 Å². The number of esters is 2. The number of allylic oxidation sites excluding steroid dienone is 2. The van der Waals surface area contributed by atoms with Crippen molar-refractivity contribution in [1.29, 1.82) is 0 Å². The quantitative estimate of drug-likeness (QED) is 0.0288. The number of hydrogen-bond donors (Lipinski definition) is 0. The zero-order chi connectivity index (χ0) is 32.2. The lowest BCUT2D eigenvalue weighted by Gasteiger charge is -2.15. The highest BCUT2D eigenvalue weighted by Crippen LogP contribution is 2.15. The molecule has 0 amide bonds. The summed E-state index contributed by atoms with van der Waals surface area (Å²) < 4.78 is 10.9. The van der Waals surface area contributed by atoms with Crippen molar-refractivity contribution >= 4 is 27.9 Å². The summed E-state index contributed by atoms with van der Waals surface area (Å²) in [4.78, 5) is 24.4. The molecule has 0 saturated heterocycles. The molecule has 44 heavy (non-hydrogen) atoms. The molecule has 0 heterocycles. The molecule has 4 nitrogen and oxygen atoms in total. The molecular weight excluding hydrogens is 612 g/mol. The number of carbonyl (C=O) groups excluding carboxylic acids is 2. The second kappa shape index (κ2) is 36.6. The van der Waals surface area contributed by atoms with E-state index >= 15 is 0 Å². The molecule has 1 unspecified atom stereocenters. The van der Waals surface area contributed by atoms with Crippen molar-refractivity contribution < 1.29 is 19.1 Å². The minimum Gasteiger partial charge on any atom is -0.462 e. The SMILES string of the molecule is CCCCCCCCC=CCCCCCCCC(=O)OCC(CBr)OC(=O)CCCCCCCCCCCCCCCCC. The second-order valence-corrected chi connectivity index (χ2v) is 13.6. The average Bonchev–Trinajstić information content (AvgIpc) is 3.02. The van der Waals surface area contributed by atoms with Gasteiger partial charge in [-0.2, -0.15) is 0 Å². The number of halogens is 1. The van der Waals surface area contributed by atoms with Gasteiger partial charge in [-0.3, -0.25) is 9.59 Å². The van der Waals surface area contributed by atoms with Gasteiger partial charge in [-0.25, -0.2) is 0 Å². The fourth-order valence-corrected chi connectivity index (χ4v) is 5.91. The largest absolute Gasteiger partial charge is 0.462 e. The summed E-state index contributed by atoms with van der Waals surface area (Å²) in [6.45, 7) is 4.68. The van der Waals surface area contributed by atoms with Crippen molar-refractivity contribution in [1.82, 2.24) is 0 Å². The smallest absolute Gasteiger partial charge is 0.306 e. The highest BCUT2D eigenvalue weighted by Gasteiger charge is 2.15. The Balaban J connectivity index is 3.53. The highest BCUT2D eigenvalue weighted by molar-refractivity contribution is 9.09. The van der Waals surface area contributed by atoms with Crippen molar-refractivity contribution in [2.75, 3.05) is 11.9 Å². The maximum atomic E-state index is 12.2. The van der Waals surface area contributed by atoms with Crippen LogP contribution in [0.3, 0.4) is 0 Å². The van der Waals surface area contributed by atoms with Gasteiger partial charge in [-0.1, -0.05) is 183 Å². The maximum Gasteiger partial charge on any atom is 0.306 e. The molecule has 0 N–H and O–H groups in total. The number of hydrogen-bond acceptors (Lipinski definition) is 4. The third-order valence-corrected chi connectivity index (χ3v) is 9.25. The summed E-state index contributed by atoms with van der Waals surface area (Å²) in [7, 11) is 0. The van der Waals surface area contributed by atoms with Gasteiger partial charge in [0, 0.05) is 18.2 Å². The van der Waals surface area contributed by atoms with Crippen LogP contribution in [-0.2, 0) is 19.1 Å². The van der Waals surface area contributed by atoms with Gasteiger partial charge in [-0.15, -0.1) is 0 Å². The van der Waals surface area contributed by atoms with Gasteiger partial charge in [0.25, 0.3) is 0 Å². The van der Waals surface area contributed by atoms with Gasteiger partial charge >= 0.3 is 11.9 Å². The molecule has 0 aromatic rings. The monoisotopic (exact) mass is 684 g/mol. The first-order valence-electron chi connectivity index (χ1n) is 19.2. The lowest BCUT2D eigenvalue weighted by molar-refractivity contribution is -0.157. The van der Waals surface area contributed by atoms with Crippen LogP contribution in [0.15, 0.2) is 12.2 Å². The highest BCUT2D eigenvalue weighted by atomic mass is 79.9. The van der Waals surface area contributed by atoms with E-state index < -0.39 is 6.10 Å². The van der Waals surface area contributed by atoms with Gasteiger partial charge in [-0.05, 0) is 38.5 Å². The molecule has 0 aromatic carbocycles. The Morgan fingerprint density at radius 1 is 0.500 bits per heavy atom. The number of carbonyl (C=O) groups is 2. The molecule has 0 aromatic heterocycles. The molecule has 0 aliphatic carbocycles. The Morgan fingerprint density at radius 3 is 1.23 bits per heavy atom. The Kier molecular flexibility index (Phi) is 35.9.